The first-order chi connectivity index (χ1) is 13.4. The summed E-state index contributed by atoms with van der Waals surface area (Å²) in [5.74, 6) is 1.35. The van der Waals surface area contributed by atoms with Crippen LogP contribution in [-0.2, 0) is 4.79 Å². The van der Waals surface area contributed by atoms with Gasteiger partial charge in [0, 0.05) is 37.7 Å². The summed E-state index contributed by atoms with van der Waals surface area (Å²) in [4.78, 5) is 16.8. The monoisotopic (exact) mass is 380 g/mol. The molecule has 0 bridgehead atoms. The van der Waals surface area contributed by atoms with Gasteiger partial charge in [-0.2, -0.15) is 0 Å². The maximum atomic E-state index is 12.6. The Kier molecular flexibility index (Phi) is 6.32. The molecule has 5 heteroatoms. The Morgan fingerprint density at radius 3 is 2.14 bits per heavy atom. The van der Waals surface area contributed by atoms with Crippen molar-refractivity contribution in [2.24, 2.45) is 5.92 Å². The number of aryl methyl sites for hydroxylation is 3. The Hall–Kier alpha value is -2.43. The fraction of sp³-hybridized carbons (Fsp3) is 0.522. The maximum Gasteiger partial charge on any atom is 0.225 e. The molecule has 1 saturated heterocycles. The third-order valence-electron chi connectivity index (χ3n) is 6.02. The van der Waals surface area contributed by atoms with Crippen LogP contribution in [0.1, 0.15) is 43.4 Å². The Morgan fingerprint density at radius 1 is 0.929 bits per heavy atom. The van der Waals surface area contributed by atoms with Gasteiger partial charge in [-0.05, 0) is 68.5 Å². The van der Waals surface area contributed by atoms with E-state index in [-0.39, 0.29) is 5.92 Å². The Balaban J connectivity index is 1.67. The molecule has 0 radical (unpaired) electrons. The molecule has 28 heavy (non-hydrogen) atoms. The largest absolute Gasteiger partial charge is 0.352 e. The minimum Gasteiger partial charge on any atom is -0.352 e. The van der Waals surface area contributed by atoms with E-state index in [0.717, 1.165) is 56.1 Å². The number of piperazine rings is 1. The average molecular weight is 381 g/mol. The number of aromatic nitrogens is 2. The molecule has 0 spiro atoms. The lowest BCUT2D eigenvalue weighted by Gasteiger charge is -2.36. The number of anilines is 1. The van der Waals surface area contributed by atoms with Gasteiger partial charge in [0.2, 0.25) is 5.91 Å². The molecule has 1 aliphatic heterocycles. The van der Waals surface area contributed by atoms with Gasteiger partial charge in [-0.15, -0.1) is 10.2 Å². The standard InChI is InChI=1S/C23H32N4O/c1-6-19(7-2)23(28)27-12-10-26(11-13-27)22-9-8-21(24-25-22)20-15-17(4)16(3)14-18(20)5/h8-9,14-15,19H,6-7,10-13H2,1-5H3. The summed E-state index contributed by atoms with van der Waals surface area (Å²) in [5.41, 5.74) is 5.84. The van der Waals surface area contributed by atoms with Gasteiger partial charge in [0.25, 0.3) is 0 Å². The quantitative estimate of drug-likeness (QED) is 0.782. The third kappa shape index (κ3) is 4.18. The first-order valence-corrected chi connectivity index (χ1v) is 10.4. The lowest BCUT2D eigenvalue weighted by Crippen LogP contribution is -2.50. The maximum absolute atomic E-state index is 12.6. The summed E-state index contributed by atoms with van der Waals surface area (Å²) in [7, 11) is 0. The van der Waals surface area contributed by atoms with E-state index < -0.39 is 0 Å². The highest BCUT2D eigenvalue weighted by molar-refractivity contribution is 5.79. The van der Waals surface area contributed by atoms with Crippen LogP contribution in [0.15, 0.2) is 24.3 Å². The number of amides is 1. The van der Waals surface area contributed by atoms with E-state index in [0.29, 0.717) is 5.91 Å². The topological polar surface area (TPSA) is 49.3 Å². The van der Waals surface area contributed by atoms with Crippen LogP contribution in [0.25, 0.3) is 11.3 Å². The molecule has 1 fully saturated rings. The van der Waals surface area contributed by atoms with Crippen molar-refractivity contribution in [3.8, 4) is 11.3 Å². The molecule has 1 aliphatic rings. The van der Waals surface area contributed by atoms with E-state index in [1.807, 2.05) is 4.90 Å². The SMILES string of the molecule is CCC(CC)C(=O)N1CCN(c2ccc(-c3cc(C)c(C)cc3C)nn2)CC1. The van der Waals surface area contributed by atoms with Crippen molar-refractivity contribution in [2.45, 2.75) is 47.5 Å². The van der Waals surface area contributed by atoms with E-state index in [9.17, 15) is 4.79 Å². The van der Waals surface area contributed by atoms with E-state index >= 15 is 0 Å². The first kappa shape index (κ1) is 20.3. The van der Waals surface area contributed by atoms with Crippen LogP contribution in [0, 0.1) is 26.7 Å². The number of hydrogen-bond acceptors (Lipinski definition) is 4. The number of nitrogens with zero attached hydrogens (tertiary/aromatic N) is 4. The predicted molar refractivity (Wildman–Crippen MR) is 115 cm³/mol. The molecule has 2 heterocycles. The third-order valence-corrected chi connectivity index (χ3v) is 6.02. The van der Waals surface area contributed by atoms with Crippen molar-refractivity contribution in [3.63, 3.8) is 0 Å². The predicted octanol–water partition coefficient (Wildman–Crippen LogP) is 4.15. The summed E-state index contributed by atoms with van der Waals surface area (Å²) in [6, 6.07) is 8.50. The Bertz CT molecular complexity index is 819. The number of hydrogen-bond donors (Lipinski definition) is 0. The van der Waals surface area contributed by atoms with Crippen LogP contribution >= 0.6 is 0 Å². The normalized spacial score (nSPS) is 14.6. The minimum atomic E-state index is 0.159. The zero-order chi connectivity index (χ0) is 20.3. The molecule has 150 valence electrons. The van der Waals surface area contributed by atoms with E-state index in [4.69, 9.17) is 0 Å². The van der Waals surface area contributed by atoms with Crippen LogP contribution in [0.4, 0.5) is 5.82 Å². The van der Waals surface area contributed by atoms with Gasteiger partial charge in [0.15, 0.2) is 5.82 Å². The molecule has 1 aromatic carbocycles. The number of rotatable bonds is 5. The van der Waals surface area contributed by atoms with Gasteiger partial charge in [-0.3, -0.25) is 4.79 Å². The molecule has 0 N–H and O–H groups in total. The van der Waals surface area contributed by atoms with Gasteiger partial charge in [-0.25, -0.2) is 0 Å². The zero-order valence-corrected chi connectivity index (χ0v) is 17.8. The molecular weight excluding hydrogens is 348 g/mol. The van der Waals surface area contributed by atoms with Gasteiger partial charge < -0.3 is 9.80 Å². The van der Waals surface area contributed by atoms with E-state index in [1.165, 1.54) is 16.7 Å². The second kappa shape index (κ2) is 8.72. The smallest absolute Gasteiger partial charge is 0.225 e. The fourth-order valence-corrected chi connectivity index (χ4v) is 3.93. The van der Waals surface area contributed by atoms with Crippen molar-refractivity contribution in [2.75, 3.05) is 31.1 Å². The van der Waals surface area contributed by atoms with Crippen LogP contribution < -0.4 is 4.90 Å². The van der Waals surface area contributed by atoms with Crippen molar-refractivity contribution >= 4 is 11.7 Å². The van der Waals surface area contributed by atoms with Crippen molar-refractivity contribution in [1.29, 1.82) is 0 Å². The number of carbonyl (C=O) groups is 1. The van der Waals surface area contributed by atoms with Gasteiger partial charge in [0.1, 0.15) is 0 Å². The Labute approximate surface area is 168 Å². The minimum absolute atomic E-state index is 0.159. The summed E-state index contributed by atoms with van der Waals surface area (Å²) in [6.45, 7) is 13.7. The first-order valence-electron chi connectivity index (χ1n) is 10.4. The lowest BCUT2D eigenvalue weighted by molar-refractivity contribution is -0.136. The molecule has 2 aromatic rings. The molecule has 1 amide bonds. The molecular formula is C23H32N4O. The molecule has 1 aromatic heterocycles. The highest BCUT2D eigenvalue weighted by Crippen LogP contribution is 2.26. The second-order valence-corrected chi connectivity index (χ2v) is 7.85. The fourth-order valence-electron chi connectivity index (χ4n) is 3.93. The molecule has 3 rings (SSSR count). The molecule has 5 nitrogen and oxygen atoms in total. The molecule has 0 aliphatic carbocycles. The summed E-state index contributed by atoms with van der Waals surface area (Å²) >= 11 is 0. The summed E-state index contributed by atoms with van der Waals surface area (Å²) in [5, 5.41) is 8.97. The lowest BCUT2D eigenvalue weighted by atomic mass is 9.99. The zero-order valence-electron chi connectivity index (χ0n) is 17.8. The average Bonchev–Trinajstić information content (AvgIpc) is 2.72. The second-order valence-electron chi connectivity index (χ2n) is 7.85. The highest BCUT2D eigenvalue weighted by atomic mass is 16.2. The highest BCUT2D eigenvalue weighted by Gasteiger charge is 2.26. The van der Waals surface area contributed by atoms with Gasteiger partial charge in [-0.1, -0.05) is 19.9 Å². The van der Waals surface area contributed by atoms with Gasteiger partial charge in [0.05, 0.1) is 5.69 Å². The Morgan fingerprint density at radius 2 is 1.57 bits per heavy atom. The van der Waals surface area contributed by atoms with E-state index in [2.05, 4.69) is 74.0 Å². The van der Waals surface area contributed by atoms with Crippen LogP contribution in [0.2, 0.25) is 0 Å². The van der Waals surface area contributed by atoms with Crippen LogP contribution in [0.3, 0.4) is 0 Å². The van der Waals surface area contributed by atoms with Gasteiger partial charge >= 0.3 is 0 Å². The van der Waals surface area contributed by atoms with Crippen molar-refractivity contribution in [3.05, 3.63) is 41.0 Å². The van der Waals surface area contributed by atoms with Crippen LogP contribution in [-0.4, -0.2) is 47.2 Å². The molecule has 0 atom stereocenters. The molecule has 0 saturated carbocycles. The van der Waals surface area contributed by atoms with E-state index in [1.54, 1.807) is 0 Å². The number of benzene rings is 1. The van der Waals surface area contributed by atoms with Crippen molar-refractivity contribution in [1.82, 2.24) is 15.1 Å². The van der Waals surface area contributed by atoms with Crippen LogP contribution in [0.5, 0.6) is 0 Å². The molecule has 0 unspecified atom stereocenters. The van der Waals surface area contributed by atoms with Crippen molar-refractivity contribution < 1.29 is 4.79 Å². The number of carbonyl (C=O) groups excluding carboxylic acids is 1. The summed E-state index contributed by atoms with van der Waals surface area (Å²) < 4.78 is 0. The summed E-state index contributed by atoms with van der Waals surface area (Å²) in [6.07, 6.45) is 1.83.